The fourth-order valence-corrected chi connectivity index (χ4v) is 3.34. The molecule has 2 aromatic heterocycles. The van der Waals surface area contributed by atoms with Gasteiger partial charge in [-0.15, -0.1) is 0 Å². The van der Waals surface area contributed by atoms with E-state index in [1.807, 2.05) is 0 Å². The van der Waals surface area contributed by atoms with Crippen LogP contribution in [0.2, 0.25) is 0 Å². The van der Waals surface area contributed by atoms with Crippen molar-refractivity contribution in [3.05, 3.63) is 94.2 Å². The number of ether oxygens (including phenoxy) is 1. The van der Waals surface area contributed by atoms with Gasteiger partial charge in [0.15, 0.2) is 5.65 Å². The summed E-state index contributed by atoms with van der Waals surface area (Å²) >= 11 is 0. The van der Waals surface area contributed by atoms with E-state index < -0.39 is 17.7 Å². The molecule has 0 amide bonds. The first-order chi connectivity index (χ1) is 14.5. The number of nitrogens with two attached hydrogens (primary N) is 1. The Bertz CT molecular complexity index is 1250. The van der Waals surface area contributed by atoms with Crippen LogP contribution in [0.1, 0.15) is 17.4 Å². The zero-order valence-corrected chi connectivity index (χ0v) is 16.0. The third kappa shape index (κ3) is 3.77. The van der Waals surface area contributed by atoms with Gasteiger partial charge in [-0.2, -0.15) is 0 Å². The number of methoxy groups -OCH3 is 1. The van der Waals surface area contributed by atoms with E-state index in [1.165, 1.54) is 22.9 Å². The second-order valence-corrected chi connectivity index (χ2v) is 6.77. The molecule has 0 bridgehead atoms. The van der Waals surface area contributed by atoms with E-state index in [4.69, 9.17) is 10.5 Å². The van der Waals surface area contributed by atoms with Gasteiger partial charge in [-0.1, -0.05) is 0 Å². The van der Waals surface area contributed by atoms with Crippen LogP contribution in [0, 0.1) is 11.6 Å². The number of nitrogens with zero attached hydrogens (tertiary/aromatic N) is 3. The maximum Gasteiger partial charge on any atom is 0.267 e. The predicted octanol–water partition coefficient (Wildman–Crippen LogP) is 3.31. The highest BCUT2D eigenvalue weighted by Crippen LogP contribution is 2.21. The van der Waals surface area contributed by atoms with Gasteiger partial charge in [-0.05, 0) is 60.5 Å². The Morgan fingerprint density at radius 2 is 1.80 bits per heavy atom. The standard InChI is InChI=1S/C22H18F2N4O2/c1-30-17-6-4-16(5-7-17)28-21(27-20-18(22(28)29)3-2-8-26-20)19(25)11-13-9-14(23)12-15(24)10-13/h2-10,12,19H,11,25H2,1H3. The SMILES string of the molecule is COc1ccc(-n2c(C(N)Cc3cc(F)cc(F)c3)nc3ncccc3c2=O)cc1. The van der Waals surface area contributed by atoms with Crippen molar-refractivity contribution in [2.45, 2.75) is 12.5 Å². The monoisotopic (exact) mass is 408 g/mol. The van der Waals surface area contributed by atoms with Crippen molar-refractivity contribution in [3.8, 4) is 11.4 Å². The molecule has 4 aromatic rings. The van der Waals surface area contributed by atoms with Crippen molar-refractivity contribution in [1.82, 2.24) is 14.5 Å². The van der Waals surface area contributed by atoms with Crippen LogP contribution in [0.3, 0.4) is 0 Å². The average Bonchev–Trinajstić information content (AvgIpc) is 2.73. The molecular weight excluding hydrogens is 390 g/mol. The summed E-state index contributed by atoms with van der Waals surface area (Å²) in [4.78, 5) is 21.9. The Kier molecular flexibility index (Phi) is 5.24. The number of fused-ring (bicyclic) bond motifs is 1. The molecule has 30 heavy (non-hydrogen) atoms. The molecule has 0 saturated heterocycles. The summed E-state index contributed by atoms with van der Waals surface area (Å²) < 4.78 is 33.8. The molecule has 152 valence electrons. The maximum atomic E-state index is 13.6. The second-order valence-electron chi connectivity index (χ2n) is 6.77. The lowest BCUT2D eigenvalue weighted by Gasteiger charge is -2.18. The van der Waals surface area contributed by atoms with Crippen LogP contribution < -0.4 is 16.0 Å². The third-order valence-electron chi connectivity index (χ3n) is 4.71. The van der Waals surface area contributed by atoms with Crippen molar-refractivity contribution in [2.75, 3.05) is 7.11 Å². The minimum atomic E-state index is -0.813. The highest BCUT2D eigenvalue weighted by molar-refractivity contribution is 5.73. The fraction of sp³-hybridized carbons (Fsp3) is 0.136. The summed E-state index contributed by atoms with van der Waals surface area (Å²) in [5.74, 6) is -0.528. The van der Waals surface area contributed by atoms with Gasteiger partial charge in [0.25, 0.3) is 5.56 Å². The molecule has 0 aliphatic rings. The number of pyridine rings is 1. The first-order valence-electron chi connectivity index (χ1n) is 9.19. The smallest absolute Gasteiger partial charge is 0.267 e. The average molecular weight is 408 g/mol. The highest BCUT2D eigenvalue weighted by atomic mass is 19.1. The van der Waals surface area contributed by atoms with Gasteiger partial charge in [-0.25, -0.2) is 18.7 Å². The molecule has 0 radical (unpaired) electrons. The van der Waals surface area contributed by atoms with E-state index in [2.05, 4.69) is 9.97 Å². The van der Waals surface area contributed by atoms with E-state index in [9.17, 15) is 13.6 Å². The molecule has 8 heteroatoms. The summed E-state index contributed by atoms with van der Waals surface area (Å²) in [6, 6.07) is 12.5. The van der Waals surface area contributed by atoms with Crippen LogP contribution in [-0.4, -0.2) is 21.6 Å². The van der Waals surface area contributed by atoms with Crippen LogP contribution in [-0.2, 0) is 6.42 Å². The number of rotatable bonds is 5. The molecule has 2 aromatic carbocycles. The number of hydrogen-bond donors (Lipinski definition) is 1. The van der Waals surface area contributed by atoms with Crippen LogP contribution in [0.15, 0.2) is 65.6 Å². The maximum absolute atomic E-state index is 13.6. The van der Waals surface area contributed by atoms with Gasteiger partial charge in [0.05, 0.1) is 24.2 Å². The van der Waals surface area contributed by atoms with Crippen molar-refractivity contribution < 1.29 is 13.5 Å². The highest BCUT2D eigenvalue weighted by Gasteiger charge is 2.20. The molecule has 2 N–H and O–H groups in total. The van der Waals surface area contributed by atoms with Gasteiger partial charge >= 0.3 is 0 Å². The fourth-order valence-electron chi connectivity index (χ4n) is 3.34. The molecule has 0 spiro atoms. The largest absolute Gasteiger partial charge is 0.497 e. The minimum Gasteiger partial charge on any atom is -0.497 e. The third-order valence-corrected chi connectivity index (χ3v) is 4.71. The zero-order valence-electron chi connectivity index (χ0n) is 16.0. The first-order valence-corrected chi connectivity index (χ1v) is 9.19. The molecule has 2 heterocycles. The Morgan fingerprint density at radius 1 is 1.10 bits per heavy atom. The number of benzene rings is 2. The lowest BCUT2D eigenvalue weighted by atomic mass is 10.0. The molecule has 1 unspecified atom stereocenters. The van der Waals surface area contributed by atoms with Crippen molar-refractivity contribution in [3.63, 3.8) is 0 Å². The van der Waals surface area contributed by atoms with Gasteiger partial charge in [0.1, 0.15) is 23.2 Å². The summed E-state index contributed by atoms with van der Waals surface area (Å²) in [5.41, 5.74) is 7.17. The molecule has 0 aliphatic carbocycles. The van der Waals surface area contributed by atoms with Crippen LogP contribution in [0.5, 0.6) is 5.75 Å². The number of halogens is 2. The van der Waals surface area contributed by atoms with Crippen molar-refractivity contribution >= 4 is 11.0 Å². The molecule has 0 aliphatic heterocycles. The molecule has 0 fully saturated rings. The predicted molar refractivity (Wildman–Crippen MR) is 109 cm³/mol. The summed E-state index contributed by atoms with van der Waals surface area (Å²) in [5, 5.41) is 0.334. The summed E-state index contributed by atoms with van der Waals surface area (Å²) in [6.45, 7) is 0. The van der Waals surface area contributed by atoms with Crippen molar-refractivity contribution in [1.29, 1.82) is 0 Å². The van der Waals surface area contributed by atoms with Gasteiger partial charge in [0, 0.05) is 12.3 Å². The van der Waals surface area contributed by atoms with Crippen LogP contribution >= 0.6 is 0 Å². The van der Waals surface area contributed by atoms with Gasteiger partial charge in [-0.3, -0.25) is 9.36 Å². The molecular formula is C22H18F2N4O2. The molecule has 0 saturated carbocycles. The molecule has 1 atom stereocenters. The van der Waals surface area contributed by atoms with E-state index in [0.717, 1.165) is 6.07 Å². The van der Waals surface area contributed by atoms with E-state index in [-0.39, 0.29) is 23.5 Å². The lowest BCUT2D eigenvalue weighted by molar-refractivity contribution is 0.414. The lowest BCUT2D eigenvalue weighted by Crippen LogP contribution is -2.29. The minimum absolute atomic E-state index is 0.0790. The van der Waals surface area contributed by atoms with Gasteiger partial charge < -0.3 is 10.5 Å². The van der Waals surface area contributed by atoms with Gasteiger partial charge in [0.2, 0.25) is 0 Å². The normalized spacial score (nSPS) is 12.1. The van der Waals surface area contributed by atoms with Crippen molar-refractivity contribution in [2.24, 2.45) is 5.73 Å². The summed E-state index contributed by atoms with van der Waals surface area (Å²) in [7, 11) is 1.55. The van der Waals surface area contributed by atoms with E-state index in [1.54, 1.807) is 43.5 Å². The topological polar surface area (TPSA) is 83.0 Å². The summed E-state index contributed by atoms with van der Waals surface area (Å²) in [6.07, 6.45) is 1.61. The van der Waals surface area contributed by atoms with E-state index >= 15 is 0 Å². The Hall–Kier alpha value is -3.65. The Morgan fingerprint density at radius 3 is 2.47 bits per heavy atom. The van der Waals surface area contributed by atoms with Crippen LogP contribution in [0.25, 0.3) is 16.7 Å². The second kappa shape index (κ2) is 8.00. The van der Waals surface area contributed by atoms with E-state index in [0.29, 0.717) is 22.4 Å². The molecule has 4 rings (SSSR count). The quantitative estimate of drug-likeness (QED) is 0.548. The Balaban J connectivity index is 1.87. The van der Waals surface area contributed by atoms with Crippen LogP contribution in [0.4, 0.5) is 8.78 Å². The Labute approximate surface area is 170 Å². The number of aromatic nitrogens is 3. The first kappa shape index (κ1) is 19.7. The molecule has 6 nitrogen and oxygen atoms in total. The number of hydrogen-bond acceptors (Lipinski definition) is 5. The zero-order chi connectivity index (χ0) is 21.3.